The van der Waals surface area contributed by atoms with Crippen molar-refractivity contribution in [2.24, 2.45) is 0 Å². The SMILES string of the molecule is CC(=O)N1CCc2ccccc2C1CC(=O)NC1c2ccccc2CC1O. The van der Waals surface area contributed by atoms with Crippen LogP contribution in [0.3, 0.4) is 0 Å². The molecule has 1 aliphatic carbocycles. The number of aliphatic hydroxyl groups is 1. The molecule has 0 radical (unpaired) electrons. The largest absolute Gasteiger partial charge is 0.390 e. The molecule has 5 nitrogen and oxygen atoms in total. The van der Waals surface area contributed by atoms with Crippen molar-refractivity contribution in [3.8, 4) is 0 Å². The van der Waals surface area contributed by atoms with Crippen molar-refractivity contribution in [2.45, 2.75) is 44.4 Å². The Hall–Kier alpha value is -2.66. The van der Waals surface area contributed by atoms with Crippen LogP contribution >= 0.6 is 0 Å². The minimum Gasteiger partial charge on any atom is -0.390 e. The third-order valence-corrected chi connectivity index (χ3v) is 5.72. The summed E-state index contributed by atoms with van der Waals surface area (Å²) in [5, 5.41) is 13.4. The molecule has 2 aromatic carbocycles. The number of hydrogen-bond acceptors (Lipinski definition) is 3. The van der Waals surface area contributed by atoms with Crippen LogP contribution < -0.4 is 5.32 Å². The summed E-state index contributed by atoms with van der Waals surface area (Å²) in [5.74, 6) is -0.169. The maximum atomic E-state index is 12.8. The van der Waals surface area contributed by atoms with E-state index in [0.29, 0.717) is 13.0 Å². The molecule has 0 bridgehead atoms. The minimum absolute atomic E-state index is 0.0199. The second-order valence-electron chi connectivity index (χ2n) is 7.40. The number of nitrogens with zero attached hydrogens (tertiary/aromatic N) is 1. The molecule has 2 aromatic rings. The molecule has 0 saturated carbocycles. The van der Waals surface area contributed by atoms with Gasteiger partial charge in [-0.15, -0.1) is 0 Å². The highest BCUT2D eigenvalue weighted by molar-refractivity contribution is 5.80. The van der Waals surface area contributed by atoms with Crippen LogP contribution in [0, 0.1) is 0 Å². The lowest BCUT2D eigenvalue weighted by Gasteiger charge is -2.36. The van der Waals surface area contributed by atoms with Crippen LogP contribution in [0.5, 0.6) is 0 Å². The summed E-state index contributed by atoms with van der Waals surface area (Å²) < 4.78 is 0. The van der Waals surface area contributed by atoms with Gasteiger partial charge in [0.05, 0.1) is 24.6 Å². The maximum Gasteiger partial charge on any atom is 0.222 e. The van der Waals surface area contributed by atoms with Gasteiger partial charge >= 0.3 is 0 Å². The molecular weight excluding hydrogens is 340 g/mol. The number of fused-ring (bicyclic) bond motifs is 2. The highest BCUT2D eigenvalue weighted by Gasteiger charge is 2.34. The van der Waals surface area contributed by atoms with Crippen molar-refractivity contribution in [2.75, 3.05) is 6.54 Å². The molecule has 2 amide bonds. The van der Waals surface area contributed by atoms with Crippen molar-refractivity contribution in [3.63, 3.8) is 0 Å². The summed E-state index contributed by atoms with van der Waals surface area (Å²) in [4.78, 5) is 26.7. The van der Waals surface area contributed by atoms with E-state index in [0.717, 1.165) is 23.1 Å². The summed E-state index contributed by atoms with van der Waals surface area (Å²) >= 11 is 0. The molecule has 0 saturated heterocycles. The molecule has 0 spiro atoms. The van der Waals surface area contributed by atoms with Crippen LogP contribution in [-0.2, 0) is 22.4 Å². The van der Waals surface area contributed by atoms with E-state index < -0.39 is 12.1 Å². The summed E-state index contributed by atoms with van der Waals surface area (Å²) in [6.07, 6.45) is 0.936. The van der Waals surface area contributed by atoms with E-state index in [1.54, 1.807) is 11.8 Å². The monoisotopic (exact) mass is 364 g/mol. The Kier molecular flexibility index (Phi) is 4.70. The summed E-state index contributed by atoms with van der Waals surface area (Å²) in [7, 11) is 0. The molecule has 140 valence electrons. The Morgan fingerprint density at radius 1 is 1.07 bits per heavy atom. The predicted molar refractivity (Wildman–Crippen MR) is 102 cm³/mol. The van der Waals surface area contributed by atoms with E-state index in [4.69, 9.17) is 0 Å². The van der Waals surface area contributed by atoms with Crippen LogP contribution in [-0.4, -0.2) is 34.5 Å². The first-order chi connectivity index (χ1) is 13.0. The van der Waals surface area contributed by atoms with Gasteiger partial charge in [0, 0.05) is 19.9 Å². The predicted octanol–water partition coefficient (Wildman–Crippen LogP) is 2.30. The maximum absolute atomic E-state index is 12.8. The fourth-order valence-electron chi connectivity index (χ4n) is 4.40. The van der Waals surface area contributed by atoms with Gasteiger partial charge in [0.1, 0.15) is 0 Å². The van der Waals surface area contributed by atoms with Gasteiger partial charge in [0.2, 0.25) is 11.8 Å². The third-order valence-electron chi connectivity index (χ3n) is 5.72. The number of nitrogens with one attached hydrogen (secondary N) is 1. The Bertz CT molecular complexity index is 879. The Morgan fingerprint density at radius 3 is 2.48 bits per heavy atom. The average molecular weight is 364 g/mol. The molecule has 3 atom stereocenters. The molecule has 0 fully saturated rings. The summed E-state index contributed by atoms with van der Waals surface area (Å²) in [5.41, 5.74) is 4.29. The lowest BCUT2D eigenvalue weighted by atomic mass is 9.90. The number of rotatable bonds is 3. The van der Waals surface area contributed by atoms with Crippen molar-refractivity contribution >= 4 is 11.8 Å². The van der Waals surface area contributed by atoms with Gasteiger partial charge in [-0.1, -0.05) is 48.5 Å². The average Bonchev–Trinajstić information content (AvgIpc) is 2.97. The molecule has 1 aliphatic heterocycles. The quantitative estimate of drug-likeness (QED) is 0.878. The van der Waals surface area contributed by atoms with Gasteiger partial charge in [0.15, 0.2) is 0 Å². The first-order valence-electron chi connectivity index (χ1n) is 9.45. The highest BCUT2D eigenvalue weighted by Crippen LogP contribution is 2.34. The zero-order valence-electron chi connectivity index (χ0n) is 15.4. The molecule has 4 rings (SSSR count). The van der Waals surface area contributed by atoms with Crippen LogP contribution in [0.2, 0.25) is 0 Å². The van der Waals surface area contributed by atoms with E-state index in [9.17, 15) is 14.7 Å². The Labute approximate surface area is 159 Å². The van der Waals surface area contributed by atoms with Gasteiger partial charge in [-0.3, -0.25) is 9.59 Å². The number of carbonyl (C=O) groups excluding carboxylic acids is 2. The topological polar surface area (TPSA) is 69.6 Å². The van der Waals surface area contributed by atoms with Crippen LogP contribution in [0.25, 0.3) is 0 Å². The first-order valence-corrected chi connectivity index (χ1v) is 9.45. The molecule has 1 heterocycles. The molecule has 2 aliphatic rings. The normalized spacial score (nSPS) is 23.5. The standard InChI is InChI=1S/C22H24N2O3/c1-14(25)24-11-10-15-6-2-4-8-17(15)19(24)13-21(27)23-22-18-9-5-3-7-16(18)12-20(22)26/h2-9,19-20,22,26H,10-13H2,1H3,(H,23,27). The Morgan fingerprint density at radius 2 is 1.74 bits per heavy atom. The fraction of sp³-hybridized carbons (Fsp3) is 0.364. The van der Waals surface area contributed by atoms with Gasteiger partial charge in [0.25, 0.3) is 0 Å². The molecule has 2 N–H and O–H groups in total. The lowest BCUT2D eigenvalue weighted by molar-refractivity contribution is -0.133. The number of carbonyl (C=O) groups is 2. The van der Waals surface area contributed by atoms with Gasteiger partial charge in [-0.25, -0.2) is 0 Å². The van der Waals surface area contributed by atoms with Gasteiger partial charge in [-0.05, 0) is 28.7 Å². The van der Waals surface area contributed by atoms with E-state index in [1.165, 1.54) is 5.56 Å². The zero-order chi connectivity index (χ0) is 19.0. The molecule has 27 heavy (non-hydrogen) atoms. The van der Waals surface area contributed by atoms with Crippen molar-refractivity contribution < 1.29 is 14.7 Å². The van der Waals surface area contributed by atoms with E-state index in [2.05, 4.69) is 11.4 Å². The van der Waals surface area contributed by atoms with E-state index in [1.807, 2.05) is 42.5 Å². The third kappa shape index (κ3) is 3.35. The first kappa shape index (κ1) is 17.7. The van der Waals surface area contributed by atoms with Crippen molar-refractivity contribution in [3.05, 3.63) is 70.8 Å². The van der Waals surface area contributed by atoms with Crippen LogP contribution in [0.15, 0.2) is 48.5 Å². The van der Waals surface area contributed by atoms with Crippen LogP contribution in [0.4, 0.5) is 0 Å². The number of aliphatic hydroxyl groups excluding tert-OH is 1. The molecule has 3 unspecified atom stereocenters. The summed E-state index contributed by atoms with van der Waals surface area (Å²) in [6, 6.07) is 15.2. The summed E-state index contributed by atoms with van der Waals surface area (Å²) in [6.45, 7) is 2.18. The zero-order valence-corrected chi connectivity index (χ0v) is 15.4. The van der Waals surface area contributed by atoms with E-state index >= 15 is 0 Å². The molecular formula is C22H24N2O3. The fourth-order valence-corrected chi connectivity index (χ4v) is 4.40. The number of hydrogen-bond donors (Lipinski definition) is 2. The van der Waals surface area contributed by atoms with Gasteiger partial charge < -0.3 is 15.3 Å². The second kappa shape index (κ2) is 7.16. The second-order valence-corrected chi connectivity index (χ2v) is 7.40. The van der Waals surface area contributed by atoms with E-state index in [-0.39, 0.29) is 24.3 Å². The number of benzene rings is 2. The smallest absolute Gasteiger partial charge is 0.222 e. The number of amides is 2. The Balaban J connectivity index is 1.54. The highest BCUT2D eigenvalue weighted by atomic mass is 16.3. The van der Waals surface area contributed by atoms with Crippen molar-refractivity contribution in [1.82, 2.24) is 10.2 Å². The lowest BCUT2D eigenvalue weighted by Crippen LogP contribution is -2.42. The molecule has 5 heteroatoms. The van der Waals surface area contributed by atoms with Gasteiger partial charge in [-0.2, -0.15) is 0 Å². The molecule has 0 aromatic heterocycles. The van der Waals surface area contributed by atoms with Crippen LogP contribution in [0.1, 0.15) is 47.7 Å². The van der Waals surface area contributed by atoms with Crippen molar-refractivity contribution in [1.29, 1.82) is 0 Å². The minimum atomic E-state index is -0.617.